The van der Waals surface area contributed by atoms with E-state index in [2.05, 4.69) is 14.9 Å². The van der Waals surface area contributed by atoms with Gasteiger partial charge in [0.1, 0.15) is 27.5 Å². The number of hydrogen-bond acceptors (Lipinski definition) is 8. The normalized spacial score (nSPS) is 14.0. The molecule has 0 radical (unpaired) electrons. The summed E-state index contributed by atoms with van der Waals surface area (Å²) in [6.45, 7) is 0.572. The highest BCUT2D eigenvalue weighted by Gasteiger charge is 2.26. The minimum absolute atomic E-state index is 0.341. The number of nitrogens with zero attached hydrogens (tertiary/aromatic N) is 2. The Bertz CT molecular complexity index is 1220. The topological polar surface area (TPSA) is 95.7 Å². The lowest BCUT2D eigenvalue weighted by Gasteiger charge is -2.20. The SMILES string of the molecule is COc1ccccc1S(=O)Nc1noc2cc(Oc3nccs3)c3c(c12)OCCC3. The molecule has 8 nitrogen and oxygen atoms in total. The Labute approximate surface area is 178 Å². The molecular weight excluding hydrogens is 426 g/mol. The van der Waals surface area contributed by atoms with Crippen LogP contribution in [0.5, 0.6) is 22.4 Å². The van der Waals surface area contributed by atoms with Crippen molar-refractivity contribution < 1.29 is 22.9 Å². The van der Waals surface area contributed by atoms with Crippen molar-refractivity contribution in [2.24, 2.45) is 0 Å². The summed E-state index contributed by atoms with van der Waals surface area (Å²) < 4.78 is 38.6. The molecule has 154 valence electrons. The maximum atomic E-state index is 12.9. The van der Waals surface area contributed by atoms with Crippen LogP contribution in [0.1, 0.15) is 12.0 Å². The highest BCUT2D eigenvalue weighted by molar-refractivity contribution is 7.86. The molecule has 2 aromatic carbocycles. The Morgan fingerprint density at radius 2 is 2.17 bits per heavy atom. The molecule has 30 heavy (non-hydrogen) atoms. The maximum absolute atomic E-state index is 12.9. The number of para-hydroxylation sites is 1. The molecule has 0 bridgehead atoms. The van der Waals surface area contributed by atoms with Gasteiger partial charge in [0.05, 0.1) is 13.7 Å². The van der Waals surface area contributed by atoms with E-state index in [1.165, 1.54) is 18.4 Å². The molecule has 2 aromatic heterocycles. The van der Waals surface area contributed by atoms with Crippen molar-refractivity contribution >= 4 is 39.1 Å². The van der Waals surface area contributed by atoms with Crippen LogP contribution in [0.3, 0.4) is 0 Å². The summed E-state index contributed by atoms with van der Waals surface area (Å²) in [5, 5.41) is 7.12. The van der Waals surface area contributed by atoms with Gasteiger partial charge in [-0.25, -0.2) is 9.19 Å². The molecule has 5 rings (SSSR count). The number of benzene rings is 2. The van der Waals surface area contributed by atoms with Crippen LogP contribution in [0.4, 0.5) is 5.82 Å². The lowest BCUT2D eigenvalue weighted by atomic mass is 10.0. The standard InChI is InChI=1S/C20H17N3O5S2/c1-25-13-6-2-3-7-16(13)30(24)23-19-17-15(28-22-19)11-14(27-20-21-8-10-29-20)12-5-4-9-26-18(12)17/h2-3,6-8,10-11H,4-5,9H2,1H3,(H,22,23). The van der Waals surface area contributed by atoms with Crippen molar-refractivity contribution in [1.82, 2.24) is 10.1 Å². The van der Waals surface area contributed by atoms with E-state index in [0.29, 0.717) is 50.7 Å². The Balaban J connectivity index is 1.55. The number of hydrogen-bond donors (Lipinski definition) is 1. The van der Waals surface area contributed by atoms with Crippen LogP contribution in [0.2, 0.25) is 0 Å². The van der Waals surface area contributed by atoms with Crippen LogP contribution in [0.25, 0.3) is 11.0 Å². The lowest BCUT2D eigenvalue weighted by molar-refractivity contribution is 0.288. The van der Waals surface area contributed by atoms with Gasteiger partial charge in [0.2, 0.25) is 0 Å². The quantitative estimate of drug-likeness (QED) is 0.467. The minimum atomic E-state index is -1.61. The first-order valence-corrected chi connectivity index (χ1v) is 11.2. The van der Waals surface area contributed by atoms with Gasteiger partial charge in [-0.05, 0) is 25.0 Å². The Kier molecular flexibility index (Phi) is 5.01. The first-order chi connectivity index (χ1) is 14.7. The molecular formula is C20H17N3O5S2. The average Bonchev–Trinajstić information content (AvgIpc) is 3.44. The molecule has 3 heterocycles. The Hall–Kier alpha value is -3.11. The summed E-state index contributed by atoms with van der Waals surface area (Å²) in [4.78, 5) is 4.69. The first-order valence-electron chi connectivity index (χ1n) is 9.21. The molecule has 0 amide bonds. The average molecular weight is 444 g/mol. The second-order valence-corrected chi connectivity index (χ2v) is 8.50. The largest absolute Gasteiger partial charge is 0.495 e. The van der Waals surface area contributed by atoms with Gasteiger partial charge in [0.25, 0.3) is 5.19 Å². The molecule has 0 fully saturated rings. The van der Waals surface area contributed by atoms with E-state index in [1.54, 1.807) is 30.5 Å². The second-order valence-electron chi connectivity index (χ2n) is 6.46. The highest BCUT2D eigenvalue weighted by atomic mass is 32.2. The lowest BCUT2D eigenvalue weighted by Crippen LogP contribution is -2.11. The van der Waals surface area contributed by atoms with E-state index in [-0.39, 0.29) is 0 Å². The van der Waals surface area contributed by atoms with Gasteiger partial charge in [0, 0.05) is 23.2 Å². The summed E-state index contributed by atoms with van der Waals surface area (Å²) in [5.41, 5.74) is 1.39. The van der Waals surface area contributed by atoms with E-state index in [9.17, 15) is 4.21 Å². The number of fused-ring (bicyclic) bond motifs is 3. The fourth-order valence-electron chi connectivity index (χ4n) is 3.34. The Morgan fingerprint density at radius 3 is 3.00 bits per heavy atom. The van der Waals surface area contributed by atoms with Crippen LogP contribution in [-0.2, 0) is 17.4 Å². The zero-order valence-corrected chi connectivity index (χ0v) is 17.5. The summed E-state index contributed by atoms with van der Waals surface area (Å²) in [5.74, 6) is 2.12. The minimum Gasteiger partial charge on any atom is -0.495 e. The zero-order chi connectivity index (χ0) is 20.5. The third kappa shape index (κ3) is 3.37. The molecule has 1 aliphatic rings. The van der Waals surface area contributed by atoms with Gasteiger partial charge in [-0.2, -0.15) is 0 Å². The van der Waals surface area contributed by atoms with Gasteiger partial charge in [-0.1, -0.05) is 28.6 Å². The second kappa shape index (κ2) is 7.96. The molecule has 0 spiro atoms. The van der Waals surface area contributed by atoms with Crippen LogP contribution < -0.4 is 18.9 Å². The van der Waals surface area contributed by atoms with Crippen molar-refractivity contribution in [1.29, 1.82) is 0 Å². The molecule has 0 saturated carbocycles. The monoisotopic (exact) mass is 443 g/mol. The van der Waals surface area contributed by atoms with Gasteiger partial charge in [0.15, 0.2) is 22.4 Å². The van der Waals surface area contributed by atoms with E-state index in [1.807, 2.05) is 11.4 Å². The number of rotatable bonds is 6. The zero-order valence-electron chi connectivity index (χ0n) is 15.9. The third-order valence-corrected chi connectivity index (χ3v) is 6.43. The summed E-state index contributed by atoms with van der Waals surface area (Å²) in [6.07, 6.45) is 3.34. The molecule has 1 N–H and O–H groups in total. The van der Waals surface area contributed by atoms with Crippen molar-refractivity contribution in [3.8, 4) is 22.4 Å². The smallest absolute Gasteiger partial charge is 0.278 e. The van der Waals surface area contributed by atoms with Crippen molar-refractivity contribution in [3.63, 3.8) is 0 Å². The molecule has 1 aliphatic heterocycles. The van der Waals surface area contributed by atoms with Crippen molar-refractivity contribution in [3.05, 3.63) is 47.5 Å². The van der Waals surface area contributed by atoms with E-state index < -0.39 is 11.0 Å². The fraction of sp³-hybridized carbons (Fsp3) is 0.200. The predicted octanol–water partition coefficient (Wildman–Crippen LogP) is 4.54. The van der Waals surface area contributed by atoms with E-state index in [0.717, 1.165) is 18.4 Å². The highest BCUT2D eigenvalue weighted by Crippen LogP contribution is 2.44. The maximum Gasteiger partial charge on any atom is 0.278 e. The van der Waals surface area contributed by atoms with Crippen molar-refractivity contribution in [2.45, 2.75) is 17.7 Å². The van der Waals surface area contributed by atoms with Crippen LogP contribution >= 0.6 is 11.3 Å². The van der Waals surface area contributed by atoms with E-state index >= 15 is 0 Å². The van der Waals surface area contributed by atoms with Gasteiger partial charge < -0.3 is 18.7 Å². The van der Waals surface area contributed by atoms with Gasteiger partial charge in [-0.15, -0.1) is 0 Å². The fourth-order valence-corrected chi connectivity index (χ4v) is 4.80. The van der Waals surface area contributed by atoms with Gasteiger partial charge in [-0.3, -0.25) is 4.72 Å². The number of thiazole rings is 1. The summed E-state index contributed by atoms with van der Waals surface area (Å²) >= 11 is 1.40. The number of aromatic nitrogens is 2. The van der Waals surface area contributed by atoms with Crippen LogP contribution in [0.15, 0.2) is 51.3 Å². The third-order valence-electron chi connectivity index (χ3n) is 4.66. The van der Waals surface area contributed by atoms with Gasteiger partial charge >= 0.3 is 0 Å². The molecule has 0 saturated heterocycles. The van der Waals surface area contributed by atoms with Crippen molar-refractivity contribution in [2.75, 3.05) is 18.4 Å². The van der Waals surface area contributed by atoms with Crippen LogP contribution in [-0.4, -0.2) is 28.1 Å². The first kappa shape index (κ1) is 18.9. The van der Waals surface area contributed by atoms with Crippen LogP contribution in [0, 0.1) is 0 Å². The number of ether oxygens (including phenoxy) is 3. The number of anilines is 1. The molecule has 1 atom stereocenters. The molecule has 1 unspecified atom stereocenters. The summed E-state index contributed by atoms with van der Waals surface area (Å²) in [6, 6.07) is 8.87. The molecule has 10 heteroatoms. The predicted molar refractivity (Wildman–Crippen MR) is 113 cm³/mol. The number of nitrogens with one attached hydrogen (secondary N) is 1. The number of methoxy groups -OCH3 is 1. The van der Waals surface area contributed by atoms with E-state index in [4.69, 9.17) is 18.7 Å². The summed E-state index contributed by atoms with van der Waals surface area (Å²) in [7, 11) is -0.0677. The Morgan fingerprint density at radius 1 is 1.27 bits per heavy atom. The molecule has 4 aromatic rings. The molecule has 0 aliphatic carbocycles.